The molecule has 1 rings (SSSR count). The number of aromatic nitrogens is 2. The Labute approximate surface area is 162 Å². The first-order valence-electron chi connectivity index (χ1n) is 8.57. The van der Waals surface area contributed by atoms with E-state index in [1.165, 1.54) is 13.8 Å². The number of carboxylic acids is 1. The van der Waals surface area contributed by atoms with Gasteiger partial charge in [0.15, 0.2) is 6.04 Å². The number of carbonyl (C=O) groups excluding carboxylic acids is 2. The predicted molar refractivity (Wildman–Crippen MR) is 97.5 cm³/mol. The molecule has 1 aromatic rings. The van der Waals surface area contributed by atoms with Crippen LogP contribution >= 0.6 is 0 Å². The lowest BCUT2D eigenvalue weighted by Gasteiger charge is -2.16. The lowest BCUT2D eigenvalue weighted by atomic mass is 10.1. The summed E-state index contributed by atoms with van der Waals surface area (Å²) in [5, 5.41) is 30.2. The Morgan fingerprint density at radius 3 is 2.36 bits per heavy atom. The van der Waals surface area contributed by atoms with Crippen molar-refractivity contribution in [1.82, 2.24) is 20.8 Å². The highest BCUT2D eigenvalue weighted by atomic mass is 16.4. The van der Waals surface area contributed by atoms with Crippen LogP contribution in [0.25, 0.3) is 0 Å². The fourth-order valence-corrected chi connectivity index (χ4v) is 1.86. The van der Waals surface area contributed by atoms with Crippen LogP contribution in [0.5, 0.6) is 0 Å². The number of nitrogens with one attached hydrogen (secondary N) is 2. The van der Waals surface area contributed by atoms with E-state index in [4.69, 9.17) is 21.0 Å². The Bertz CT molecular complexity index is 618. The first kappa shape index (κ1) is 25.2. The third-order valence-corrected chi connectivity index (χ3v) is 3.20. The van der Waals surface area contributed by atoms with E-state index in [2.05, 4.69) is 26.6 Å². The van der Waals surface area contributed by atoms with Crippen LogP contribution < -0.4 is 27.8 Å². The van der Waals surface area contributed by atoms with Crippen molar-refractivity contribution in [3.63, 3.8) is 0 Å². The van der Waals surface area contributed by atoms with Crippen molar-refractivity contribution in [2.24, 2.45) is 17.2 Å². The molecule has 0 spiro atoms. The molecular weight excluding hydrogens is 374 g/mol. The minimum atomic E-state index is -1.42. The van der Waals surface area contributed by atoms with E-state index in [1.807, 2.05) is 0 Å². The molecule has 0 aliphatic heterocycles. The van der Waals surface area contributed by atoms with Gasteiger partial charge in [-0.3, -0.25) is 4.79 Å². The summed E-state index contributed by atoms with van der Waals surface area (Å²) in [6, 6.07) is -2.60. The van der Waals surface area contributed by atoms with Crippen molar-refractivity contribution < 1.29 is 29.0 Å². The molecular formula is C15H29N7O6. The Balaban J connectivity index is 0.00000165. The van der Waals surface area contributed by atoms with Crippen LogP contribution in [-0.2, 0) is 16.1 Å². The van der Waals surface area contributed by atoms with Crippen molar-refractivity contribution >= 4 is 17.9 Å². The van der Waals surface area contributed by atoms with Crippen molar-refractivity contribution in [2.45, 2.75) is 57.8 Å². The number of nitrogens with two attached hydrogens (primary N) is 3. The van der Waals surface area contributed by atoms with Crippen LogP contribution in [0.2, 0.25) is 0 Å². The van der Waals surface area contributed by atoms with Gasteiger partial charge in [-0.15, -0.1) is 10.2 Å². The molecule has 0 aliphatic rings. The van der Waals surface area contributed by atoms with Gasteiger partial charge in [0.25, 0.3) is 0 Å². The van der Waals surface area contributed by atoms with Crippen LogP contribution in [0.4, 0.5) is 4.79 Å². The number of nitrogens with zero attached hydrogens (tertiary/aromatic N) is 2. The summed E-state index contributed by atoms with van der Waals surface area (Å²) in [5.41, 5.74) is 15.8. The van der Waals surface area contributed by atoms with Crippen LogP contribution in [0.1, 0.15) is 50.9 Å². The predicted octanol–water partition coefficient (Wildman–Crippen LogP) is -1.68. The lowest BCUT2D eigenvalue weighted by Crippen LogP contribution is -2.51. The maximum atomic E-state index is 11.6. The standard InChI is InChI=1S/C13H24N6O5.C2H5NO/c1-7(20)10(12(21)22)17-13(23)16-6-9-18-19-11(24-9)8(15)4-2-3-5-14;1-2(3)4/h7-8,10,20H,2-6,14-15H2,1H3,(H,21,22)(H2,16,17,23);1H3,(H2,3,4). The van der Waals surface area contributed by atoms with E-state index in [9.17, 15) is 19.5 Å². The quantitative estimate of drug-likeness (QED) is 0.219. The van der Waals surface area contributed by atoms with Gasteiger partial charge in [-0.05, 0) is 26.3 Å². The highest BCUT2D eigenvalue weighted by molar-refractivity contribution is 5.82. The number of carbonyl (C=O) groups is 3. The minimum Gasteiger partial charge on any atom is -0.480 e. The number of aliphatic hydroxyl groups excluding tert-OH is 1. The number of amides is 3. The van der Waals surface area contributed by atoms with Gasteiger partial charge < -0.3 is 42.5 Å². The average Bonchev–Trinajstić information content (AvgIpc) is 3.06. The summed E-state index contributed by atoms with van der Waals surface area (Å²) in [6.07, 6.45) is 1.10. The minimum absolute atomic E-state index is 0.0967. The zero-order chi connectivity index (χ0) is 21.7. The van der Waals surface area contributed by atoms with E-state index < -0.39 is 30.2 Å². The molecule has 13 nitrogen and oxygen atoms in total. The average molecular weight is 403 g/mol. The summed E-state index contributed by atoms with van der Waals surface area (Å²) in [5.74, 6) is -1.28. The monoisotopic (exact) mass is 403 g/mol. The SMILES string of the molecule is CC(N)=O.CC(O)C(NC(=O)NCc1nnc(C(N)CCCCN)o1)C(=O)O. The molecule has 3 amide bonds. The fourth-order valence-electron chi connectivity index (χ4n) is 1.86. The molecule has 0 radical (unpaired) electrons. The molecule has 160 valence electrons. The Hall–Kier alpha value is -2.77. The van der Waals surface area contributed by atoms with Gasteiger partial charge in [0.2, 0.25) is 17.7 Å². The smallest absolute Gasteiger partial charge is 0.328 e. The fraction of sp³-hybridized carbons (Fsp3) is 0.667. The molecule has 0 saturated heterocycles. The van der Waals surface area contributed by atoms with E-state index >= 15 is 0 Å². The molecule has 13 heteroatoms. The van der Waals surface area contributed by atoms with Gasteiger partial charge in [-0.2, -0.15) is 0 Å². The maximum Gasteiger partial charge on any atom is 0.328 e. The second-order valence-electron chi connectivity index (χ2n) is 5.92. The molecule has 3 unspecified atom stereocenters. The van der Waals surface area contributed by atoms with E-state index in [0.717, 1.165) is 12.8 Å². The highest BCUT2D eigenvalue weighted by Crippen LogP contribution is 2.15. The van der Waals surface area contributed by atoms with Gasteiger partial charge in [0.1, 0.15) is 0 Å². The molecule has 0 aromatic carbocycles. The number of aliphatic carboxylic acids is 1. The Morgan fingerprint density at radius 1 is 1.25 bits per heavy atom. The number of hydrogen-bond acceptors (Lipinski definition) is 9. The number of carboxylic acid groups (broad SMARTS) is 1. The van der Waals surface area contributed by atoms with Gasteiger partial charge in [-0.25, -0.2) is 9.59 Å². The maximum absolute atomic E-state index is 11.6. The van der Waals surface area contributed by atoms with Crippen LogP contribution in [-0.4, -0.2) is 57.0 Å². The molecule has 0 bridgehead atoms. The second kappa shape index (κ2) is 13.4. The number of unbranched alkanes of at least 4 members (excludes halogenated alkanes) is 1. The highest BCUT2D eigenvalue weighted by Gasteiger charge is 2.25. The van der Waals surface area contributed by atoms with Crippen LogP contribution in [0, 0.1) is 0 Å². The largest absolute Gasteiger partial charge is 0.480 e. The van der Waals surface area contributed by atoms with Crippen molar-refractivity contribution in [1.29, 1.82) is 0 Å². The molecule has 10 N–H and O–H groups in total. The molecule has 0 saturated carbocycles. The van der Waals surface area contributed by atoms with E-state index in [0.29, 0.717) is 13.0 Å². The molecule has 1 aromatic heterocycles. The molecule has 3 atom stereocenters. The summed E-state index contributed by atoms with van der Waals surface area (Å²) in [6.45, 7) is 3.06. The second-order valence-corrected chi connectivity index (χ2v) is 5.92. The number of rotatable bonds is 10. The third-order valence-electron chi connectivity index (χ3n) is 3.20. The summed E-state index contributed by atoms with van der Waals surface area (Å²) < 4.78 is 5.34. The number of urea groups is 1. The number of hydrogen-bond donors (Lipinski definition) is 7. The lowest BCUT2D eigenvalue weighted by molar-refractivity contribution is -0.141. The first-order valence-corrected chi connectivity index (χ1v) is 8.57. The zero-order valence-corrected chi connectivity index (χ0v) is 15.9. The topological polar surface area (TPSA) is 233 Å². The number of aliphatic hydroxyl groups is 1. The zero-order valence-electron chi connectivity index (χ0n) is 15.9. The summed E-state index contributed by atoms with van der Waals surface area (Å²) >= 11 is 0. The van der Waals surface area contributed by atoms with E-state index in [-0.39, 0.29) is 24.2 Å². The van der Waals surface area contributed by atoms with Gasteiger partial charge in [0.05, 0.1) is 18.7 Å². The van der Waals surface area contributed by atoms with Gasteiger partial charge >= 0.3 is 12.0 Å². The third kappa shape index (κ3) is 11.1. The van der Waals surface area contributed by atoms with Crippen molar-refractivity contribution in [3.8, 4) is 0 Å². The molecule has 1 heterocycles. The first-order chi connectivity index (χ1) is 13.1. The van der Waals surface area contributed by atoms with Gasteiger partial charge in [-0.1, -0.05) is 6.42 Å². The van der Waals surface area contributed by atoms with Crippen LogP contribution in [0.15, 0.2) is 4.42 Å². The normalized spacial score (nSPS) is 13.5. The van der Waals surface area contributed by atoms with Crippen molar-refractivity contribution in [2.75, 3.05) is 6.54 Å². The van der Waals surface area contributed by atoms with Crippen molar-refractivity contribution in [3.05, 3.63) is 11.8 Å². The molecule has 0 aliphatic carbocycles. The van der Waals surface area contributed by atoms with E-state index in [1.54, 1.807) is 0 Å². The molecule has 0 fully saturated rings. The number of primary amides is 1. The van der Waals surface area contributed by atoms with Gasteiger partial charge in [0, 0.05) is 6.92 Å². The summed E-state index contributed by atoms with van der Waals surface area (Å²) in [4.78, 5) is 31.7. The van der Waals surface area contributed by atoms with Crippen LogP contribution in [0.3, 0.4) is 0 Å². The summed E-state index contributed by atoms with van der Waals surface area (Å²) in [7, 11) is 0. The molecule has 28 heavy (non-hydrogen) atoms. The Kier molecular flexibility index (Phi) is 12.1. The Morgan fingerprint density at radius 2 is 1.86 bits per heavy atom.